The van der Waals surface area contributed by atoms with Crippen LogP contribution < -0.4 is 26.8 Å². The highest BCUT2D eigenvalue weighted by atomic mass is 35.5. The zero-order valence-corrected chi connectivity index (χ0v) is 21.0. The number of nitrogens with two attached hydrogens (primary N) is 2. The number of anilines is 1. The fraction of sp³-hybridized carbons (Fsp3) is 0.120. The number of carboxylic acid groups (broad SMARTS) is 1. The topological polar surface area (TPSA) is 215 Å². The second-order valence-corrected chi connectivity index (χ2v) is 8.09. The summed E-state index contributed by atoms with van der Waals surface area (Å²) in [6, 6.07) is 13.5. The molecule has 8 N–H and O–H groups in total. The number of hydrogen-bond donors (Lipinski definition) is 6. The van der Waals surface area contributed by atoms with E-state index >= 15 is 0 Å². The number of aromatic amines is 1. The van der Waals surface area contributed by atoms with E-state index in [1.165, 1.54) is 6.20 Å². The highest BCUT2D eigenvalue weighted by Crippen LogP contribution is 2.28. The lowest BCUT2D eigenvalue weighted by Crippen LogP contribution is -2.27. The normalized spacial score (nSPS) is 12.4. The molecule has 0 radical (unpaired) electrons. The molecule has 5 rings (SSSR count). The van der Waals surface area contributed by atoms with Gasteiger partial charge in [-0.1, -0.05) is 36.4 Å². The van der Waals surface area contributed by atoms with Crippen LogP contribution in [0.3, 0.4) is 0 Å². The Morgan fingerprint density at radius 3 is 2.56 bits per heavy atom. The van der Waals surface area contributed by atoms with Crippen molar-refractivity contribution in [1.82, 2.24) is 20.3 Å². The quantitative estimate of drug-likeness (QED) is 0.203. The van der Waals surface area contributed by atoms with Crippen molar-refractivity contribution >= 4 is 52.8 Å². The molecule has 13 nitrogen and oxygen atoms in total. The molecular formula is C25H24ClN7O6. The molecule has 14 heteroatoms. The van der Waals surface area contributed by atoms with Gasteiger partial charge in [-0.2, -0.15) is 0 Å². The highest BCUT2D eigenvalue weighted by molar-refractivity contribution is 6.08. The molecule has 0 unspecified atom stereocenters. The first-order valence-electron chi connectivity index (χ1n) is 11.2. The van der Waals surface area contributed by atoms with E-state index in [4.69, 9.17) is 21.3 Å². The summed E-state index contributed by atoms with van der Waals surface area (Å²) in [4.78, 5) is 56.3. The van der Waals surface area contributed by atoms with Crippen LogP contribution >= 0.6 is 12.4 Å². The molecule has 0 fully saturated rings. The molecule has 0 bridgehead atoms. The van der Waals surface area contributed by atoms with E-state index in [1.54, 1.807) is 30.3 Å². The van der Waals surface area contributed by atoms with Crippen LogP contribution in [-0.4, -0.2) is 50.4 Å². The standard InChI is InChI=1S/C17H13N5O5.C8H10N2O.ClH/c23-12-6-27-11-2-1-8(3-10(11)22-12)4-19-16(24)15-14-13(20-7-21-15)9(5-18-14)17(25)26;9-7(8(10)11)6-4-2-1-3-5-6;/h1-3,5,7,18H,4,6H2,(H,19,24)(H,22,23)(H,25,26);1-5,7H,9H2,(H2,10,11);1H/t;7-;/m.0./s1. The molecule has 2 aromatic carbocycles. The summed E-state index contributed by atoms with van der Waals surface area (Å²) in [5.41, 5.74) is 12.9. The van der Waals surface area contributed by atoms with Gasteiger partial charge >= 0.3 is 5.97 Å². The zero-order chi connectivity index (χ0) is 27.2. The zero-order valence-electron chi connectivity index (χ0n) is 20.2. The predicted molar refractivity (Wildman–Crippen MR) is 142 cm³/mol. The Balaban J connectivity index is 0.000000297. The molecule has 2 aromatic heterocycles. The van der Waals surface area contributed by atoms with E-state index in [0.29, 0.717) is 11.4 Å². The lowest BCUT2D eigenvalue weighted by Gasteiger charge is -2.18. The molecule has 1 aliphatic heterocycles. The number of H-pyrrole nitrogens is 1. The number of halogens is 1. The van der Waals surface area contributed by atoms with E-state index in [-0.39, 0.29) is 53.8 Å². The van der Waals surface area contributed by atoms with Crippen LogP contribution in [0.25, 0.3) is 11.0 Å². The maximum Gasteiger partial charge on any atom is 0.339 e. The van der Waals surface area contributed by atoms with Crippen LogP contribution in [0.2, 0.25) is 0 Å². The number of aromatic nitrogens is 3. The fourth-order valence-electron chi connectivity index (χ4n) is 3.61. The van der Waals surface area contributed by atoms with Crippen molar-refractivity contribution in [1.29, 1.82) is 0 Å². The van der Waals surface area contributed by atoms with Crippen molar-refractivity contribution in [2.75, 3.05) is 11.9 Å². The lowest BCUT2D eigenvalue weighted by atomic mass is 10.1. The van der Waals surface area contributed by atoms with Crippen LogP contribution in [0.15, 0.2) is 61.1 Å². The maximum absolute atomic E-state index is 12.5. The van der Waals surface area contributed by atoms with Crippen molar-refractivity contribution < 1.29 is 29.0 Å². The number of hydrogen-bond acceptors (Lipinski definition) is 8. The Morgan fingerprint density at radius 2 is 1.87 bits per heavy atom. The molecule has 0 spiro atoms. The summed E-state index contributed by atoms with van der Waals surface area (Å²) in [6.45, 7) is 0.154. The van der Waals surface area contributed by atoms with Gasteiger partial charge in [0.15, 0.2) is 12.3 Å². The second kappa shape index (κ2) is 12.5. The molecule has 0 saturated carbocycles. The van der Waals surface area contributed by atoms with Crippen molar-refractivity contribution in [2.24, 2.45) is 11.5 Å². The number of nitrogens with one attached hydrogen (secondary N) is 3. The Morgan fingerprint density at radius 1 is 1.13 bits per heavy atom. The van der Waals surface area contributed by atoms with E-state index < -0.39 is 23.8 Å². The van der Waals surface area contributed by atoms with E-state index in [1.807, 2.05) is 18.2 Å². The first kappa shape index (κ1) is 28.6. The number of carbonyl (C=O) groups excluding carboxylic acids is 3. The van der Waals surface area contributed by atoms with Gasteiger partial charge < -0.3 is 36.9 Å². The molecule has 39 heavy (non-hydrogen) atoms. The van der Waals surface area contributed by atoms with Gasteiger partial charge in [-0.05, 0) is 23.3 Å². The predicted octanol–water partition coefficient (Wildman–Crippen LogP) is 1.51. The number of amides is 3. The van der Waals surface area contributed by atoms with Crippen LogP contribution in [0, 0.1) is 0 Å². The fourth-order valence-corrected chi connectivity index (χ4v) is 3.61. The Kier molecular flexibility index (Phi) is 9.15. The van der Waals surface area contributed by atoms with Crippen molar-refractivity contribution in [3.8, 4) is 5.75 Å². The van der Waals surface area contributed by atoms with Crippen molar-refractivity contribution in [2.45, 2.75) is 12.6 Å². The third-order valence-electron chi connectivity index (χ3n) is 5.50. The number of rotatable bonds is 6. The van der Waals surface area contributed by atoms with Gasteiger partial charge in [0, 0.05) is 12.7 Å². The van der Waals surface area contributed by atoms with E-state index in [2.05, 4.69) is 25.6 Å². The summed E-state index contributed by atoms with van der Waals surface area (Å²) in [7, 11) is 0. The van der Waals surface area contributed by atoms with Gasteiger partial charge in [0.25, 0.3) is 11.8 Å². The lowest BCUT2D eigenvalue weighted by molar-refractivity contribution is -0.119. The Bertz CT molecular complexity index is 1530. The average Bonchev–Trinajstić information content (AvgIpc) is 3.36. The SMILES string of the molecule is Cl.NC(=O)[C@@H](N)c1ccccc1.O=C1COc2ccc(CNC(=O)c3ncnc4c(C(=O)O)c[nH]c34)cc2N1. The highest BCUT2D eigenvalue weighted by Gasteiger charge is 2.20. The number of aromatic carboxylic acids is 1. The summed E-state index contributed by atoms with van der Waals surface area (Å²) in [5, 5.41) is 14.6. The minimum absolute atomic E-state index is 0. The van der Waals surface area contributed by atoms with E-state index in [9.17, 15) is 19.2 Å². The summed E-state index contributed by atoms with van der Waals surface area (Å²) >= 11 is 0. The average molecular weight is 554 g/mol. The van der Waals surface area contributed by atoms with Crippen LogP contribution in [0.5, 0.6) is 5.75 Å². The van der Waals surface area contributed by atoms with Crippen LogP contribution in [0.4, 0.5) is 5.69 Å². The third-order valence-corrected chi connectivity index (χ3v) is 5.50. The number of benzene rings is 2. The molecule has 3 heterocycles. The monoisotopic (exact) mass is 553 g/mol. The number of primary amides is 1. The number of carboxylic acids is 1. The van der Waals surface area contributed by atoms with Gasteiger partial charge in [-0.25, -0.2) is 14.8 Å². The van der Waals surface area contributed by atoms with Gasteiger partial charge in [0.1, 0.15) is 29.2 Å². The van der Waals surface area contributed by atoms with Crippen molar-refractivity contribution in [3.05, 3.63) is 83.4 Å². The molecule has 4 aromatic rings. The van der Waals surface area contributed by atoms with Crippen LogP contribution in [-0.2, 0) is 16.1 Å². The summed E-state index contributed by atoms with van der Waals surface area (Å²) < 4.78 is 5.29. The summed E-state index contributed by atoms with van der Waals surface area (Å²) in [5.74, 6) is -1.82. The minimum atomic E-state index is -1.15. The molecule has 3 amide bonds. The number of carbonyl (C=O) groups is 4. The van der Waals surface area contributed by atoms with Gasteiger partial charge in [0.05, 0.1) is 11.2 Å². The van der Waals surface area contributed by atoms with Gasteiger partial charge in [-0.3, -0.25) is 14.4 Å². The molecule has 202 valence electrons. The molecule has 1 aliphatic rings. The second-order valence-electron chi connectivity index (χ2n) is 8.09. The minimum Gasteiger partial charge on any atom is -0.482 e. The molecular weight excluding hydrogens is 530 g/mol. The maximum atomic E-state index is 12.5. The molecule has 1 atom stereocenters. The number of fused-ring (bicyclic) bond motifs is 2. The number of ether oxygens (including phenoxy) is 1. The summed E-state index contributed by atoms with van der Waals surface area (Å²) in [6.07, 6.45) is 2.41. The Labute approximate surface area is 227 Å². The van der Waals surface area contributed by atoms with Gasteiger partial charge in [-0.15, -0.1) is 12.4 Å². The van der Waals surface area contributed by atoms with Crippen LogP contribution in [0.1, 0.15) is 38.0 Å². The molecule has 0 saturated heterocycles. The smallest absolute Gasteiger partial charge is 0.339 e. The van der Waals surface area contributed by atoms with Gasteiger partial charge in [0.2, 0.25) is 5.91 Å². The largest absolute Gasteiger partial charge is 0.482 e. The first-order chi connectivity index (χ1) is 18.2. The Hall–Kier alpha value is -5.01. The molecule has 0 aliphatic carbocycles. The van der Waals surface area contributed by atoms with E-state index in [0.717, 1.165) is 17.5 Å². The third kappa shape index (κ3) is 6.66. The number of nitrogens with zero attached hydrogens (tertiary/aromatic N) is 2. The van der Waals surface area contributed by atoms with Crippen molar-refractivity contribution in [3.63, 3.8) is 0 Å². The first-order valence-corrected chi connectivity index (χ1v) is 11.2.